The van der Waals surface area contributed by atoms with E-state index in [0.29, 0.717) is 6.42 Å². The standard InChI is InChI=1S/C55H74N5O12.Zn/c1-9-28-29(10-2)37-22-38-32(13-5)33(14-6)45(58-38)34-18-17-27(44-46(34)59-42(55(44,15-7)16-8)23-39-31(12-4)30(11-3)36(57-39)21-35(28)56-37)19-20-69-26-43(63)60-53-50(67)49(66)52(41(25-62)70-53)72-54-51(68)48(65)47(64)40(24-61)71-54;/h17-18,21-23,40-41,47-54,61-62,64-68H,9-16,19-20,24-26H2,1-8H3,(H2-,56,57,58,59,60,63);/q-1;+2/p-1/t40-,41-,47+,48+,49-,50-,51-,52-,53-,54+;/m1./s1. The molecule has 0 aliphatic carbocycles. The van der Waals surface area contributed by atoms with Crippen LogP contribution in [0.5, 0.6) is 0 Å². The van der Waals surface area contributed by atoms with Crippen LogP contribution in [0, 0.1) is 0 Å². The summed E-state index contributed by atoms with van der Waals surface area (Å²) >= 11 is 0. The maximum absolute atomic E-state index is 13.4. The van der Waals surface area contributed by atoms with Crippen molar-refractivity contribution in [2.75, 3.05) is 26.4 Å². The maximum atomic E-state index is 13.4. The number of rotatable bonds is 18. The van der Waals surface area contributed by atoms with Gasteiger partial charge in [-0.1, -0.05) is 102 Å². The zero-order valence-corrected chi connectivity index (χ0v) is 46.5. The van der Waals surface area contributed by atoms with Crippen LogP contribution >= 0.6 is 0 Å². The van der Waals surface area contributed by atoms with Crippen LogP contribution in [0.15, 0.2) is 30.3 Å². The van der Waals surface area contributed by atoms with Gasteiger partial charge in [0.05, 0.1) is 42.4 Å². The molecule has 1 amide bonds. The largest absolute Gasteiger partial charge is 2.00 e. The smallest absolute Gasteiger partial charge is 0.657 e. The summed E-state index contributed by atoms with van der Waals surface area (Å²) in [4.78, 5) is 35.2. The van der Waals surface area contributed by atoms with Crippen LogP contribution < -0.4 is 15.3 Å². The number of benzene rings is 1. The van der Waals surface area contributed by atoms with Crippen molar-refractivity contribution in [2.45, 2.75) is 180 Å². The second-order valence-electron chi connectivity index (χ2n) is 19.2. The van der Waals surface area contributed by atoms with Crippen molar-refractivity contribution in [1.29, 1.82) is 0 Å². The van der Waals surface area contributed by atoms with Crippen molar-refractivity contribution >= 4 is 50.0 Å². The molecular weight excluding hydrogens is 988 g/mol. The van der Waals surface area contributed by atoms with E-state index >= 15 is 0 Å². The summed E-state index contributed by atoms with van der Waals surface area (Å²) in [6.07, 6.45) is -9.18. The molecule has 2 fully saturated rings. The van der Waals surface area contributed by atoms with Gasteiger partial charge in [0.25, 0.3) is 0 Å². The van der Waals surface area contributed by atoms with Gasteiger partial charge in [0.1, 0.15) is 55.4 Å². The number of aryl methyl sites for hydroxylation is 4. The molecule has 0 radical (unpaired) electrons. The van der Waals surface area contributed by atoms with E-state index in [1.54, 1.807) is 0 Å². The molecule has 3 aromatic heterocycles. The first-order valence-corrected chi connectivity index (χ1v) is 26.0. The normalized spacial score (nSPS) is 25.9. The zero-order valence-electron chi connectivity index (χ0n) is 43.5. The molecule has 17 nitrogen and oxygen atoms in total. The number of allylic oxidation sites excluding steroid dienone is 2. The fourth-order valence-corrected chi connectivity index (χ4v) is 11.7. The topological polar surface area (TPSA) is 262 Å². The first-order chi connectivity index (χ1) is 34.7. The summed E-state index contributed by atoms with van der Waals surface area (Å²) in [5.41, 5.74) is 16.5. The quantitative estimate of drug-likeness (QED) is 0.0515. The van der Waals surface area contributed by atoms with E-state index < -0.39 is 92.5 Å². The van der Waals surface area contributed by atoms with E-state index in [9.17, 15) is 40.5 Å². The minimum Gasteiger partial charge on any atom is -0.657 e. The van der Waals surface area contributed by atoms with Crippen LogP contribution in [0.4, 0.5) is 0 Å². The molecule has 392 valence electrons. The number of carbonyl (C=O) groups excluding carboxylic acids is 1. The van der Waals surface area contributed by atoms with E-state index in [0.717, 1.165) is 113 Å². The third kappa shape index (κ3) is 10.2. The SMILES string of the molecule is CCC1=C(CC)c2cc3[n-]c(cc4[n-]c(c(CC)c4CC)c4ccc(CCOCC(=O)N[C@@H]5O[C@H](CO)[C@@H](O[C@@H]6O[C@H](CO)[C@H](O)[C@H](O)[C@H]6O)[C@H](O)[C@H]5O)c5c4nc(cc1n2)C5(CC)CC)c(CC)c3CC.[Zn+2]. The van der Waals surface area contributed by atoms with E-state index in [2.05, 4.69) is 91.0 Å². The van der Waals surface area contributed by atoms with Crippen molar-refractivity contribution in [3.63, 3.8) is 0 Å². The average molecular weight is 1060 g/mol. The zero-order chi connectivity index (χ0) is 51.8. The molecule has 4 aromatic rings. The van der Waals surface area contributed by atoms with Gasteiger partial charge in [-0.15, -0.1) is 22.1 Å². The Bertz CT molecular complexity index is 2820. The molecule has 0 unspecified atom stereocenters. The molecule has 8 N–H and O–H groups in total. The van der Waals surface area contributed by atoms with Crippen molar-refractivity contribution in [3.05, 3.63) is 80.8 Å². The number of carbonyl (C=O) groups is 1. The Morgan fingerprint density at radius 1 is 0.685 bits per heavy atom. The van der Waals surface area contributed by atoms with Gasteiger partial charge in [-0.2, -0.15) is 0 Å². The Hall–Kier alpha value is -4.01. The van der Waals surface area contributed by atoms with Gasteiger partial charge in [0.2, 0.25) is 5.91 Å². The van der Waals surface area contributed by atoms with Crippen molar-refractivity contribution < 1.29 is 79.0 Å². The average Bonchev–Trinajstić information content (AvgIpc) is 4.12. The molecule has 4 aliphatic heterocycles. The van der Waals surface area contributed by atoms with Crippen LogP contribution in [-0.2, 0) is 80.7 Å². The minimum absolute atomic E-state index is 0. The van der Waals surface area contributed by atoms with E-state index in [4.69, 9.17) is 38.9 Å². The van der Waals surface area contributed by atoms with Crippen LogP contribution in [0.1, 0.15) is 132 Å². The molecule has 2 saturated heterocycles. The van der Waals surface area contributed by atoms with E-state index in [1.807, 2.05) is 0 Å². The Morgan fingerprint density at radius 3 is 1.89 bits per heavy atom. The molecule has 0 spiro atoms. The van der Waals surface area contributed by atoms with Gasteiger partial charge in [-0.05, 0) is 91.5 Å². The second kappa shape index (κ2) is 23.9. The molecule has 8 rings (SSSR count). The van der Waals surface area contributed by atoms with Crippen molar-refractivity contribution in [3.8, 4) is 0 Å². The van der Waals surface area contributed by atoms with Crippen molar-refractivity contribution in [2.24, 2.45) is 0 Å². The Balaban J connectivity index is 0.00000780. The number of amides is 1. The second-order valence-corrected chi connectivity index (χ2v) is 19.2. The summed E-state index contributed by atoms with van der Waals surface area (Å²) in [5.74, 6) is -0.659. The maximum Gasteiger partial charge on any atom is 2.00 e. The fraction of sp³-hybridized carbons (Fsp3) is 0.582. The van der Waals surface area contributed by atoms with Gasteiger partial charge in [0, 0.05) is 5.41 Å². The Morgan fingerprint density at radius 2 is 1.29 bits per heavy atom. The molecule has 7 heterocycles. The monoisotopic (exact) mass is 1060 g/mol. The Kier molecular flexibility index (Phi) is 18.6. The van der Waals surface area contributed by atoms with E-state index in [-0.39, 0.29) is 26.1 Å². The number of aliphatic hydroxyl groups excluding tert-OH is 7. The van der Waals surface area contributed by atoms with Gasteiger partial charge in [-0.25, -0.2) is 4.98 Å². The number of fused-ring (bicyclic) bond motifs is 8. The molecule has 10 atom stereocenters. The molecule has 0 saturated carbocycles. The molecule has 4 aliphatic rings. The fourth-order valence-electron chi connectivity index (χ4n) is 11.7. The number of ether oxygens (including phenoxy) is 4. The molecule has 8 bridgehead atoms. The summed E-state index contributed by atoms with van der Waals surface area (Å²) in [7, 11) is 0. The van der Waals surface area contributed by atoms with Gasteiger partial charge >= 0.3 is 19.5 Å². The molecular formula is C55H73N5O12Zn. The molecule has 73 heavy (non-hydrogen) atoms. The number of nitrogens with zero attached hydrogens (tertiary/aromatic N) is 4. The van der Waals surface area contributed by atoms with Gasteiger partial charge in [0.15, 0.2) is 12.5 Å². The summed E-state index contributed by atoms with van der Waals surface area (Å²) in [6.45, 7) is 15.8. The minimum atomic E-state index is -1.81. The van der Waals surface area contributed by atoms with Crippen LogP contribution in [-0.4, -0.2) is 139 Å². The van der Waals surface area contributed by atoms with Crippen LogP contribution in [0.25, 0.3) is 44.1 Å². The predicted octanol–water partition coefficient (Wildman–Crippen LogP) is 4.11. The third-order valence-corrected chi connectivity index (χ3v) is 15.6. The first kappa shape index (κ1) is 56.7. The third-order valence-electron chi connectivity index (χ3n) is 15.6. The number of nitrogens with one attached hydrogen (secondary N) is 1. The Labute approximate surface area is 439 Å². The summed E-state index contributed by atoms with van der Waals surface area (Å²) < 4.78 is 22.8. The number of hydrogen-bond acceptors (Lipinski definition) is 14. The van der Waals surface area contributed by atoms with Gasteiger partial charge in [-0.3, -0.25) is 9.78 Å². The number of aliphatic hydroxyl groups is 7. The molecule has 1 aromatic carbocycles. The van der Waals surface area contributed by atoms with Crippen molar-refractivity contribution in [1.82, 2.24) is 25.3 Å². The predicted molar refractivity (Wildman–Crippen MR) is 272 cm³/mol. The number of hydrogen-bond donors (Lipinski definition) is 8. The summed E-state index contributed by atoms with van der Waals surface area (Å²) in [5, 5.41) is 76.3. The first-order valence-electron chi connectivity index (χ1n) is 26.0. The van der Waals surface area contributed by atoms with Crippen LogP contribution in [0.3, 0.4) is 0 Å². The van der Waals surface area contributed by atoms with E-state index in [1.165, 1.54) is 33.4 Å². The summed E-state index contributed by atoms with van der Waals surface area (Å²) in [6, 6.07) is 10.9. The van der Waals surface area contributed by atoms with Gasteiger partial charge < -0.3 is 70.0 Å². The molecule has 18 heteroatoms. The number of aromatic nitrogens is 4. The van der Waals surface area contributed by atoms with Crippen LogP contribution in [0.2, 0.25) is 0 Å².